The Morgan fingerprint density at radius 2 is 2.43 bits per heavy atom. The number of carbonyl (C=O) groups is 1. The van der Waals surface area contributed by atoms with Crippen molar-refractivity contribution < 1.29 is 14.6 Å². The quantitative estimate of drug-likeness (QED) is 0.830. The number of hydrogen-bond donors (Lipinski definition) is 2. The first-order chi connectivity index (χ1) is 10.2. The standard InChI is InChI=1S/C17H21NO3/c1-13(18-17(20)16-9-5-11-21-16)15-8-4-7-14(12-15)6-2-3-10-19/h4,7-8,12-13,16,19H,3,5,9-11H2,1H3,(H,18,20). The van der Waals surface area contributed by atoms with Crippen molar-refractivity contribution in [3.63, 3.8) is 0 Å². The summed E-state index contributed by atoms with van der Waals surface area (Å²) < 4.78 is 5.38. The number of benzene rings is 1. The minimum absolute atomic E-state index is 0.0447. The molecule has 0 bridgehead atoms. The molecule has 0 saturated carbocycles. The highest BCUT2D eigenvalue weighted by Crippen LogP contribution is 2.17. The van der Waals surface area contributed by atoms with Gasteiger partial charge >= 0.3 is 0 Å². The van der Waals surface area contributed by atoms with Crippen molar-refractivity contribution in [3.05, 3.63) is 35.4 Å². The minimum Gasteiger partial charge on any atom is -0.395 e. The van der Waals surface area contributed by atoms with E-state index in [0.717, 1.165) is 24.0 Å². The van der Waals surface area contributed by atoms with Gasteiger partial charge in [-0.3, -0.25) is 4.79 Å². The zero-order valence-electron chi connectivity index (χ0n) is 12.3. The monoisotopic (exact) mass is 287 g/mol. The Morgan fingerprint density at radius 3 is 3.14 bits per heavy atom. The van der Waals surface area contributed by atoms with Crippen LogP contribution in [0.3, 0.4) is 0 Å². The molecule has 1 saturated heterocycles. The van der Waals surface area contributed by atoms with Gasteiger partial charge in [0.05, 0.1) is 12.6 Å². The number of ether oxygens (including phenoxy) is 1. The van der Waals surface area contributed by atoms with Crippen molar-refractivity contribution in [1.82, 2.24) is 5.32 Å². The molecule has 0 aliphatic carbocycles. The Kier molecular flexibility index (Phi) is 5.79. The van der Waals surface area contributed by atoms with Crippen LogP contribution in [-0.2, 0) is 9.53 Å². The zero-order chi connectivity index (χ0) is 15.1. The summed E-state index contributed by atoms with van der Waals surface area (Å²) in [4.78, 5) is 12.0. The summed E-state index contributed by atoms with van der Waals surface area (Å²) in [5, 5.41) is 11.7. The highest BCUT2D eigenvalue weighted by molar-refractivity contribution is 5.81. The molecule has 1 aliphatic heterocycles. The van der Waals surface area contributed by atoms with E-state index in [2.05, 4.69) is 17.2 Å². The Morgan fingerprint density at radius 1 is 1.57 bits per heavy atom. The van der Waals surface area contributed by atoms with Gasteiger partial charge in [0, 0.05) is 18.6 Å². The van der Waals surface area contributed by atoms with Crippen LogP contribution < -0.4 is 5.32 Å². The molecule has 112 valence electrons. The van der Waals surface area contributed by atoms with Gasteiger partial charge in [0.2, 0.25) is 5.91 Å². The fraction of sp³-hybridized carbons (Fsp3) is 0.471. The number of carbonyl (C=O) groups excluding carboxylic acids is 1. The molecule has 1 heterocycles. The minimum atomic E-state index is -0.306. The summed E-state index contributed by atoms with van der Waals surface area (Å²) in [6, 6.07) is 7.69. The predicted molar refractivity (Wildman–Crippen MR) is 80.6 cm³/mol. The summed E-state index contributed by atoms with van der Waals surface area (Å²) in [5.41, 5.74) is 1.90. The van der Waals surface area contributed by atoms with Crippen LogP contribution in [0.5, 0.6) is 0 Å². The summed E-state index contributed by atoms with van der Waals surface area (Å²) in [6.07, 6.45) is 1.91. The molecule has 2 atom stereocenters. The maximum atomic E-state index is 12.0. The van der Waals surface area contributed by atoms with Gasteiger partial charge in [0.1, 0.15) is 6.10 Å². The van der Waals surface area contributed by atoms with Crippen molar-refractivity contribution in [2.75, 3.05) is 13.2 Å². The lowest BCUT2D eigenvalue weighted by Crippen LogP contribution is -2.35. The molecule has 4 heteroatoms. The van der Waals surface area contributed by atoms with E-state index in [4.69, 9.17) is 9.84 Å². The number of aliphatic hydroxyl groups is 1. The van der Waals surface area contributed by atoms with E-state index in [-0.39, 0.29) is 24.7 Å². The number of aliphatic hydroxyl groups excluding tert-OH is 1. The predicted octanol–water partition coefficient (Wildman–Crippen LogP) is 1.78. The number of rotatable bonds is 4. The van der Waals surface area contributed by atoms with E-state index >= 15 is 0 Å². The van der Waals surface area contributed by atoms with E-state index in [1.54, 1.807) is 0 Å². The molecular weight excluding hydrogens is 266 g/mol. The summed E-state index contributed by atoms with van der Waals surface area (Å²) >= 11 is 0. The molecule has 1 aliphatic rings. The fourth-order valence-electron chi connectivity index (χ4n) is 2.28. The van der Waals surface area contributed by atoms with Gasteiger partial charge in [-0.1, -0.05) is 24.0 Å². The van der Waals surface area contributed by atoms with Crippen molar-refractivity contribution in [2.24, 2.45) is 0 Å². The van der Waals surface area contributed by atoms with E-state index in [1.165, 1.54) is 0 Å². The summed E-state index contributed by atoms with van der Waals surface area (Å²) in [6.45, 7) is 2.69. The normalized spacial score (nSPS) is 18.7. The Balaban J connectivity index is 1.98. The third-order valence-electron chi connectivity index (χ3n) is 3.44. The van der Waals surface area contributed by atoms with E-state index in [1.807, 2.05) is 31.2 Å². The van der Waals surface area contributed by atoms with E-state index in [9.17, 15) is 4.79 Å². The molecule has 2 N–H and O–H groups in total. The van der Waals surface area contributed by atoms with E-state index < -0.39 is 0 Å². The second-order valence-electron chi connectivity index (χ2n) is 5.13. The Labute approximate surface area is 125 Å². The van der Waals surface area contributed by atoms with Crippen molar-refractivity contribution >= 4 is 5.91 Å². The van der Waals surface area contributed by atoms with Crippen molar-refractivity contribution in [1.29, 1.82) is 0 Å². The number of nitrogens with one attached hydrogen (secondary N) is 1. The lowest BCUT2D eigenvalue weighted by atomic mass is 10.0. The number of amides is 1. The zero-order valence-corrected chi connectivity index (χ0v) is 12.3. The first-order valence-corrected chi connectivity index (χ1v) is 7.32. The molecule has 2 unspecified atom stereocenters. The lowest BCUT2D eigenvalue weighted by Gasteiger charge is -2.17. The van der Waals surface area contributed by atoms with Crippen LogP contribution in [0.1, 0.15) is 43.4 Å². The van der Waals surface area contributed by atoms with Crippen molar-refractivity contribution in [3.8, 4) is 11.8 Å². The first kappa shape index (κ1) is 15.6. The second kappa shape index (κ2) is 7.82. The third kappa shape index (κ3) is 4.59. The van der Waals surface area contributed by atoms with Gasteiger partial charge in [-0.15, -0.1) is 0 Å². The molecular formula is C17H21NO3. The SMILES string of the molecule is CC(NC(=O)C1CCCO1)c1cccc(C#CCCO)c1. The van der Waals surface area contributed by atoms with E-state index in [0.29, 0.717) is 13.0 Å². The lowest BCUT2D eigenvalue weighted by molar-refractivity contribution is -0.130. The Hall–Kier alpha value is -1.83. The molecule has 1 aromatic rings. The Bertz CT molecular complexity index is 538. The smallest absolute Gasteiger partial charge is 0.249 e. The highest BCUT2D eigenvalue weighted by Gasteiger charge is 2.24. The summed E-state index contributed by atoms with van der Waals surface area (Å²) in [5.74, 6) is 5.85. The molecule has 0 radical (unpaired) electrons. The maximum Gasteiger partial charge on any atom is 0.249 e. The van der Waals surface area contributed by atoms with Crippen LogP contribution in [0.25, 0.3) is 0 Å². The van der Waals surface area contributed by atoms with Gasteiger partial charge in [0.25, 0.3) is 0 Å². The molecule has 1 aromatic carbocycles. The molecule has 1 fully saturated rings. The molecule has 0 spiro atoms. The molecule has 2 rings (SSSR count). The van der Waals surface area contributed by atoms with Crippen LogP contribution in [0.2, 0.25) is 0 Å². The molecule has 4 nitrogen and oxygen atoms in total. The first-order valence-electron chi connectivity index (χ1n) is 7.32. The van der Waals surface area contributed by atoms with Crippen LogP contribution in [0.15, 0.2) is 24.3 Å². The molecule has 0 aromatic heterocycles. The largest absolute Gasteiger partial charge is 0.395 e. The molecule has 21 heavy (non-hydrogen) atoms. The van der Waals surface area contributed by atoms with Gasteiger partial charge in [-0.2, -0.15) is 0 Å². The van der Waals surface area contributed by atoms with Gasteiger partial charge < -0.3 is 15.2 Å². The topological polar surface area (TPSA) is 58.6 Å². The van der Waals surface area contributed by atoms with Gasteiger partial charge in [0.15, 0.2) is 0 Å². The third-order valence-corrected chi connectivity index (χ3v) is 3.44. The number of hydrogen-bond acceptors (Lipinski definition) is 3. The van der Waals surface area contributed by atoms with Crippen LogP contribution in [0.4, 0.5) is 0 Å². The maximum absolute atomic E-state index is 12.0. The average Bonchev–Trinajstić information content (AvgIpc) is 3.02. The summed E-state index contributed by atoms with van der Waals surface area (Å²) in [7, 11) is 0. The second-order valence-corrected chi connectivity index (χ2v) is 5.13. The van der Waals surface area contributed by atoms with Crippen LogP contribution in [-0.4, -0.2) is 30.3 Å². The van der Waals surface area contributed by atoms with Gasteiger partial charge in [-0.05, 0) is 37.5 Å². The van der Waals surface area contributed by atoms with Crippen molar-refractivity contribution in [2.45, 2.75) is 38.3 Å². The fourth-order valence-corrected chi connectivity index (χ4v) is 2.28. The van der Waals surface area contributed by atoms with Crippen LogP contribution in [0, 0.1) is 11.8 Å². The average molecular weight is 287 g/mol. The highest BCUT2D eigenvalue weighted by atomic mass is 16.5. The molecule has 1 amide bonds. The van der Waals surface area contributed by atoms with Crippen LogP contribution >= 0.6 is 0 Å². The van der Waals surface area contributed by atoms with Gasteiger partial charge in [-0.25, -0.2) is 0 Å².